The minimum absolute atomic E-state index is 0.0796. The summed E-state index contributed by atoms with van der Waals surface area (Å²) in [6.07, 6.45) is 0.335. The van der Waals surface area contributed by atoms with Gasteiger partial charge in [-0.25, -0.2) is 0 Å². The predicted molar refractivity (Wildman–Crippen MR) is 66.4 cm³/mol. The Hall–Kier alpha value is -2.41. The Bertz CT molecular complexity index is 623. The lowest BCUT2D eigenvalue weighted by atomic mass is 10.2. The van der Waals surface area contributed by atoms with Gasteiger partial charge in [-0.15, -0.1) is 10.2 Å². The van der Waals surface area contributed by atoms with Crippen molar-refractivity contribution in [1.82, 2.24) is 10.2 Å². The fourth-order valence-corrected chi connectivity index (χ4v) is 1.81. The highest BCUT2D eigenvalue weighted by Crippen LogP contribution is 2.31. The van der Waals surface area contributed by atoms with E-state index in [1.165, 1.54) is 0 Å². The monoisotopic (exact) mass is 260 g/mol. The van der Waals surface area contributed by atoms with E-state index in [1.54, 1.807) is 18.2 Å². The summed E-state index contributed by atoms with van der Waals surface area (Å²) in [7, 11) is 0. The summed E-state index contributed by atoms with van der Waals surface area (Å²) in [5.74, 6) is 1.28. The van der Waals surface area contributed by atoms with Crippen LogP contribution in [0, 0.1) is 0 Å². The van der Waals surface area contributed by atoms with Gasteiger partial charge >= 0.3 is 0 Å². The first-order valence-electron chi connectivity index (χ1n) is 5.86. The van der Waals surface area contributed by atoms with E-state index >= 15 is 0 Å². The number of benzene rings is 1. The Labute approximate surface area is 108 Å². The summed E-state index contributed by atoms with van der Waals surface area (Å²) in [5, 5.41) is 10.5. The number of amides is 1. The molecule has 1 aromatic carbocycles. The second kappa shape index (κ2) is 4.69. The average molecular weight is 260 g/mol. The molecule has 7 heteroatoms. The normalized spacial score (nSPS) is 14.3. The fraction of sp³-hybridized carbons (Fsp3) is 0.250. The number of fused-ring (bicyclic) bond motifs is 1. The van der Waals surface area contributed by atoms with Crippen molar-refractivity contribution in [2.45, 2.75) is 13.0 Å². The number of ether oxygens (including phenoxy) is 1. The lowest BCUT2D eigenvalue weighted by Crippen LogP contribution is -2.10. The van der Waals surface area contributed by atoms with E-state index in [0.29, 0.717) is 41.8 Å². The van der Waals surface area contributed by atoms with Crippen LogP contribution in [0.3, 0.4) is 0 Å². The first-order valence-corrected chi connectivity index (χ1v) is 5.86. The lowest BCUT2D eigenvalue weighted by Gasteiger charge is -2.07. The Kier molecular flexibility index (Phi) is 2.88. The van der Waals surface area contributed by atoms with E-state index < -0.39 is 0 Å². The molecule has 1 aromatic heterocycles. The number of aromatic nitrogens is 2. The third-order valence-electron chi connectivity index (χ3n) is 2.73. The molecule has 0 saturated heterocycles. The van der Waals surface area contributed by atoms with E-state index in [4.69, 9.17) is 14.9 Å². The smallest absolute Gasteiger partial charge is 0.247 e. The van der Waals surface area contributed by atoms with E-state index in [2.05, 4.69) is 15.5 Å². The minimum Gasteiger partial charge on any atom is -0.491 e. The van der Waals surface area contributed by atoms with Crippen molar-refractivity contribution in [3.63, 3.8) is 0 Å². The molecule has 2 heterocycles. The van der Waals surface area contributed by atoms with Crippen LogP contribution in [0.4, 0.5) is 5.69 Å². The van der Waals surface area contributed by atoms with Crippen molar-refractivity contribution in [1.29, 1.82) is 0 Å². The second-order valence-corrected chi connectivity index (χ2v) is 4.06. The zero-order valence-electron chi connectivity index (χ0n) is 10.0. The number of carbonyl (C=O) groups excluding carboxylic acids is 1. The molecule has 0 unspecified atom stereocenters. The average Bonchev–Trinajstić information content (AvgIpc) is 2.81. The van der Waals surface area contributed by atoms with Gasteiger partial charge in [0, 0.05) is 5.56 Å². The maximum Gasteiger partial charge on any atom is 0.247 e. The van der Waals surface area contributed by atoms with Crippen LogP contribution in [0.25, 0.3) is 11.5 Å². The van der Waals surface area contributed by atoms with Crippen LogP contribution < -0.4 is 15.8 Å². The third-order valence-corrected chi connectivity index (χ3v) is 2.73. The molecule has 2 aromatic rings. The summed E-state index contributed by atoms with van der Waals surface area (Å²) in [4.78, 5) is 11.5. The molecule has 0 saturated carbocycles. The number of hydrogen-bond donors (Lipinski definition) is 2. The number of nitrogens with one attached hydrogen (secondary N) is 1. The Balaban J connectivity index is 1.98. The highest BCUT2D eigenvalue weighted by Gasteiger charge is 2.16. The minimum atomic E-state index is -0.0796. The van der Waals surface area contributed by atoms with Gasteiger partial charge in [-0.3, -0.25) is 4.79 Å². The van der Waals surface area contributed by atoms with Gasteiger partial charge in [0.15, 0.2) is 0 Å². The van der Waals surface area contributed by atoms with Gasteiger partial charge in [-0.05, 0) is 18.2 Å². The quantitative estimate of drug-likeness (QED) is 0.832. The molecule has 0 spiro atoms. The van der Waals surface area contributed by atoms with E-state index in [-0.39, 0.29) is 12.5 Å². The van der Waals surface area contributed by atoms with Crippen LogP contribution in [0.1, 0.15) is 12.3 Å². The summed E-state index contributed by atoms with van der Waals surface area (Å²) in [5.41, 5.74) is 6.73. The van der Waals surface area contributed by atoms with Gasteiger partial charge in [0.2, 0.25) is 17.7 Å². The van der Waals surface area contributed by atoms with Gasteiger partial charge in [-0.1, -0.05) is 0 Å². The lowest BCUT2D eigenvalue weighted by molar-refractivity contribution is -0.116. The molecule has 19 heavy (non-hydrogen) atoms. The molecule has 0 atom stereocenters. The molecule has 0 radical (unpaired) electrons. The molecule has 7 nitrogen and oxygen atoms in total. The Morgan fingerprint density at radius 3 is 3.05 bits per heavy atom. The number of hydrogen-bond acceptors (Lipinski definition) is 6. The second-order valence-electron chi connectivity index (χ2n) is 4.06. The maximum atomic E-state index is 11.5. The van der Waals surface area contributed by atoms with Gasteiger partial charge in [-0.2, -0.15) is 0 Å². The van der Waals surface area contributed by atoms with Crippen LogP contribution in [-0.2, 0) is 11.3 Å². The summed E-state index contributed by atoms with van der Waals surface area (Å²) < 4.78 is 10.8. The summed E-state index contributed by atoms with van der Waals surface area (Å²) in [6, 6.07) is 5.30. The van der Waals surface area contributed by atoms with Crippen LogP contribution >= 0.6 is 0 Å². The van der Waals surface area contributed by atoms with Crippen molar-refractivity contribution in [2.24, 2.45) is 5.73 Å². The molecule has 3 N–H and O–H groups in total. The van der Waals surface area contributed by atoms with E-state index in [1.807, 2.05) is 0 Å². The number of anilines is 1. The summed E-state index contributed by atoms with van der Waals surface area (Å²) >= 11 is 0. The highest BCUT2D eigenvalue weighted by atomic mass is 16.5. The van der Waals surface area contributed by atoms with Crippen LogP contribution in [0.2, 0.25) is 0 Å². The zero-order valence-corrected chi connectivity index (χ0v) is 10.0. The molecule has 0 aliphatic carbocycles. The van der Waals surface area contributed by atoms with Crippen LogP contribution in [0.5, 0.6) is 5.75 Å². The van der Waals surface area contributed by atoms with Gasteiger partial charge in [0.05, 0.1) is 25.3 Å². The van der Waals surface area contributed by atoms with Crippen molar-refractivity contribution in [3.8, 4) is 17.2 Å². The number of nitrogens with zero attached hydrogens (tertiary/aromatic N) is 2. The maximum absolute atomic E-state index is 11.5. The molecule has 1 amide bonds. The van der Waals surface area contributed by atoms with Crippen molar-refractivity contribution < 1.29 is 13.9 Å². The largest absolute Gasteiger partial charge is 0.491 e. The first-order chi connectivity index (χ1) is 9.26. The van der Waals surface area contributed by atoms with Crippen LogP contribution in [-0.4, -0.2) is 22.7 Å². The number of nitrogens with two attached hydrogens (primary N) is 1. The molecule has 3 rings (SSSR count). The van der Waals surface area contributed by atoms with Gasteiger partial charge in [0.25, 0.3) is 0 Å². The highest BCUT2D eigenvalue weighted by molar-refractivity contribution is 5.93. The predicted octanol–water partition coefficient (Wildman–Crippen LogP) is 0.916. The summed E-state index contributed by atoms with van der Waals surface area (Å²) in [6.45, 7) is 0.563. The molecule has 0 bridgehead atoms. The van der Waals surface area contributed by atoms with Crippen molar-refractivity contribution >= 4 is 11.6 Å². The van der Waals surface area contributed by atoms with Gasteiger partial charge < -0.3 is 20.2 Å². The molecule has 0 fully saturated rings. The zero-order chi connectivity index (χ0) is 13.2. The Morgan fingerprint density at radius 2 is 2.26 bits per heavy atom. The van der Waals surface area contributed by atoms with Gasteiger partial charge in [0.1, 0.15) is 5.75 Å². The SMILES string of the molecule is NCc1nnc(-c2ccc3c(c2)NC(=O)CCO3)o1. The molecule has 98 valence electrons. The number of carbonyl (C=O) groups is 1. The molecular formula is C12H12N4O3. The third kappa shape index (κ3) is 2.27. The first kappa shape index (κ1) is 11.7. The number of rotatable bonds is 2. The molecule has 1 aliphatic heterocycles. The Morgan fingerprint density at radius 1 is 1.37 bits per heavy atom. The van der Waals surface area contributed by atoms with Crippen molar-refractivity contribution in [2.75, 3.05) is 11.9 Å². The van der Waals surface area contributed by atoms with E-state index in [0.717, 1.165) is 0 Å². The fourth-order valence-electron chi connectivity index (χ4n) is 1.81. The molecular weight excluding hydrogens is 248 g/mol. The van der Waals surface area contributed by atoms with E-state index in [9.17, 15) is 4.79 Å². The molecule has 1 aliphatic rings. The van der Waals surface area contributed by atoms with Crippen LogP contribution in [0.15, 0.2) is 22.6 Å². The standard InChI is InChI=1S/C12H12N4O3/c13-6-11-15-16-12(19-11)7-1-2-9-8(5-7)14-10(17)3-4-18-9/h1-2,5H,3-4,6,13H2,(H,14,17). The topological polar surface area (TPSA) is 103 Å². The van der Waals surface area contributed by atoms with Crippen molar-refractivity contribution in [3.05, 3.63) is 24.1 Å².